The molecule has 5 heteroatoms. The molecule has 0 radical (unpaired) electrons. The summed E-state index contributed by atoms with van der Waals surface area (Å²) < 4.78 is 11.5. The normalized spacial score (nSPS) is 16.8. The molecule has 1 heterocycles. The molecule has 5 nitrogen and oxygen atoms in total. The monoisotopic (exact) mass is 382 g/mol. The number of likely N-dealkylation sites (tertiary alicyclic amines) is 1. The Kier molecular flexibility index (Phi) is 7.88. The van der Waals surface area contributed by atoms with Gasteiger partial charge in [0.1, 0.15) is 0 Å². The average Bonchev–Trinajstić information content (AvgIpc) is 2.73. The largest absolute Gasteiger partial charge is 0.377 e. The third-order valence-electron chi connectivity index (χ3n) is 4.89. The first-order valence-corrected chi connectivity index (χ1v) is 10.1. The van der Waals surface area contributed by atoms with E-state index in [1.165, 1.54) is 5.56 Å². The molecule has 150 valence electrons. The van der Waals surface area contributed by atoms with Crippen LogP contribution in [0.1, 0.15) is 30.9 Å². The number of hydrogen-bond donors (Lipinski definition) is 1. The second kappa shape index (κ2) is 10.8. The number of benzene rings is 2. The van der Waals surface area contributed by atoms with Crippen molar-refractivity contribution in [2.75, 3.05) is 31.6 Å². The zero-order valence-corrected chi connectivity index (χ0v) is 16.6. The SMILES string of the molecule is CCOC1CCCN(C(=O)Nc2cccc(COCCc3ccccc3)c2)C1. The van der Waals surface area contributed by atoms with Crippen molar-refractivity contribution in [1.29, 1.82) is 0 Å². The van der Waals surface area contributed by atoms with Gasteiger partial charge in [-0.25, -0.2) is 4.79 Å². The molecule has 0 aromatic heterocycles. The molecule has 2 aromatic carbocycles. The van der Waals surface area contributed by atoms with Crippen molar-refractivity contribution in [2.45, 2.75) is 38.9 Å². The van der Waals surface area contributed by atoms with Crippen LogP contribution < -0.4 is 5.32 Å². The van der Waals surface area contributed by atoms with Gasteiger partial charge in [0.05, 0.1) is 19.3 Å². The van der Waals surface area contributed by atoms with Gasteiger partial charge in [0.25, 0.3) is 0 Å². The first kappa shape index (κ1) is 20.4. The fourth-order valence-electron chi connectivity index (χ4n) is 3.46. The van der Waals surface area contributed by atoms with E-state index >= 15 is 0 Å². The summed E-state index contributed by atoms with van der Waals surface area (Å²) in [5.41, 5.74) is 3.12. The minimum Gasteiger partial charge on any atom is -0.377 e. The molecule has 0 aliphatic carbocycles. The molecule has 2 aromatic rings. The quantitative estimate of drug-likeness (QED) is 0.685. The maximum Gasteiger partial charge on any atom is 0.321 e. The zero-order chi connectivity index (χ0) is 19.6. The molecule has 1 aliphatic rings. The maximum atomic E-state index is 12.6. The van der Waals surface area contributed by atoms with E-state index in [0.717, 1.165) is 37.1 Å². The summed E-state index contributed by atoms with van der Waals surface area (Å²) in [4.78, 5) is 14.4. The Hall–Kier alpha value is -2.37. The van der Waals surface area contributed by atoms with Crippen LogP contribution in [0.25, 0.3) is 0 Å². The molecule has 1 atom stereocenters. The highest BCUT2D eigenvalue weighted by Gasteiger charge is 2.23. The molecule has 0 saturated carbocycles. The number of ether oxygens (including phenoxy) is 2. The summed E-state index contributed by atoms with van der Waals surface area (Å²) in [5.74, 6) is 0. The Morgan fingerprint density at radius 2 is 1.96 bits per heavy atom. The number of rotatable bonds is 8. The molecule has 3 rings (SSSR count). The van der Waals surface area contributed by atoms with Crippen molar-refractivity contribution in [2.24, 2.45) is 0 Å². The van der Waals surface area contributed by atoms with Gasteiger partial charge in [-0.2, -0.15) is 0 Å². The summed E-state index contributed by atoms with van der Waals surface area (Å²) in [5, 5.41) is 3.01. The van der Waals surface area contributed by atoms with Gasteiger partial charge in [0, 0.05) is 25.4 Å². The van der Waals surface area contributed by atoms with Gasteiger partial charge in [0.2, 0.25) is 0 Å². The number of hydrogen-bond acceptors (Lipinski definition) is 3. The van der Waals surface area contributed by atoms with Gasteiger partial charge in [-0.3, -0.25) is 0 Å². The lowest BCUT2D eigenvalue weighted by Crippen LogP contribution is -2.45. The molecular formula is C23H30N2O3. The summed E-state index contributed by atoms with van der Waals surface area (Å²) in [6.45, 7) is 5.32. The van der Waals surface area contributed by atoms with Crippen molar-refractivity contribution in [3.8, 4) is 0 Å². The molecule has 0 spiro atoms. The second-order valence-corrected chi connectivity index (χ2v) is 7.08. The van der Waals surface area contributed by atoms with Gasteiger partial charge in [-0.05, 0) is 49.4 Å². The van der Waals surface area contributed by atoms with Crippen molar-refractivity contribution < 1.29 is 14.3 Å². The molecule has 0 bridgehead atoms. The Balaban J connectivity index is 1.45. The Morgan fingerprint density at radius 3 is 2.79 bits per heavy atom. The van der Waals surface area contributed by atoms with Gasteiger partial charge in [-0.1, -0.05) is 42.5 Å². The molecule has 1 unspecified atom stereocenters. The number of nitrogens with one attached hydrogen (secondary N) is 1. The second-order valence-electron chi connectivity index (χ2n) is 7.08. The van der Waals surface area contributed by atoms with Gasteiger partial charge in [0.15, 0.2) is 0 Å². The Labute approximate surface area is 167 Å². The van der Waals surface area contributed by atoms with E-state index in [0.29, 0.717) is 26.4 Å². The lowest BCUT2D eigenvalue weighted by molar-refractivity contribution is 0.0181. The highest BCUT2D eigenvalue weighted by Crippen LogP contribution is 2.17. The Bertz CT molecular complexity index is 734. The molecule has 2 amide bonds. The molecule has 28 heavy (non-hydrogen) atoms. The van der Waals surface area contributed by atoms with Crippen LogP contribution in [-0.2, 0) is 22.5 Å². The fourth-order valence-corrected chi connectivity index (χ4v) is 3.46. The fraction of sp³-hybridized carbons (Fsp3) is 0.435. The van der Waals surface area contributed by atoms with E-state index in [9.17, 15) is 4.79 Å². The van der Waals surface area contributed by atoms with Crippen molar-refractivity contribution in [3.05, 3.63) is 65.7 Å². The third-order valence-corrected chi connectivity index (χ3v) is 4.89. The molecule has 1 fully saturated rings. The standard InChI is InChI=1S/C23H30N2O3/c1-2-28-22-12-7-14-25(17-22)23(26)24-21-11-6-10-20(16-21)18-27-15-13-19-8-4-3-5-9-19/h3-6,8-11,16,22H,2,7,12-15,17-18H2,1H3,(H,24,26). The van der Waals surface area contributed by atoms with E-state index < -0.39 is 0 Å². The zero-order valence-electron chi connectivity index (χ0n) is 16.6. The van der Waals surface area contributed by atoms with E-state index in [1.54, 1.807) is 0 Å². The van der Waals surface area contributed by atoms with Crippen LogP contribution >= 0.6 is 0 Å². The van der Waals surface area contributed by atoms with E-state index in [4.69, 9.17) is 9.47 Å². The van der Waals surface area contributed by atoms with Crippen LogP contribution in [0.4, 0.5) is 10.5 Å². The van der Waals surface area contributed by atoms with Gasteiger partial charge in [-0.15, -0.1) is 0 Å². The first-order chi connectivity index (χ1) is 13.7. The van der Waals surface area contributed by atoms with Crippen LogP contribution in [-0.4, -0.2) is 43.3 Å². The molecular weight excluding hydrogens is 352 g/mol. The predicted octanol–water partition coefficient (Wildman–Crippen LogP) is 4.48. The molecule has 1 saturated heterocycles. The van der Waals surface area contributed by atoms with Crippen molar-refractivity contribution in [3.63, 3.8) is 0 Å². The van der Waals surface area contributed by atoms with Crippen LogP contribution in [0.2, 0.25) is 0 Å². The van der Waals surface area contributed by atoms with Crippen molar-refractivity contribution >= 4 is 11.7 Å². The van der Waals surface area contributed by atoms with E-state index in [-0.39, 0.29) is 12.1 Å². The van der Waals surface area contributed by atoms with Gasteiger partial charge >= 0.3 is 6.03 Å². The highest BCUT2D eigenvalue weighted by molar-refractivity contribution is 5.89. The van der Waals surface area contributed by atoms with Crippen LogP contribution in [0.5, 0.6) is 0 Å². The van der Waals surface area contributed by atoms with E-state index in [1.807, 2.05) is 54.3 Å². The summed E-state index contributed by atoms with van der Waals surface area (Å²) in [6, 6.07) is 18.1. The van der Waals surface area contributed by atoms with Crippen LogP contribution in [0.15, 0.2) is 54.6 Å². The lowest BCUT2D eigenvalue weighted by Gasteiger charge is -2.32. The summed E-state index contributed by atoms with van der Waals surface area (Å²) in [6.07, 6.45) is 3.04. The minimum absolute atomic E-state index is 0.0634. The highest BCUT2D eigenvalue weighted by atomic mass is 16.5. The number of urea groups is 1. The number of amides is 2. The third kappa shape index (κ3) is 6.36. The number of anilines is 1. The number of piperidine rings is 1. The predicted molar refractivity (Wildman–Crippen MR) is 111 cm³/mol. The van der Waals surface area contributed by atoms with Crippen molar-refractivity contribution in [1.82, 2.24) is 4.90 Å². The maximum absolute atomic E-state index is 12.6. The summed E-state index contributed by atoms with van der Waals surface area (Å²) >= 11 is 0. The number of nitrogens with zero attached hydrogens (tertiary/aromatic N) is 1. The smallest absolute Gasteiger partial charge is 0.321 e. The van der Waals surface area contributed by atoms with Crippen LogP contribution in [0.3, 0.4) is 0 Å². The molecule has 1 aliphatic heterocycles. The van der Waals surface area contributed by atoms with Gasteiger partial charge < -0.3 is 19.7 Å². The van der Waals surface area contributed by atoms with E-state index in [2.05, 4.69) is 17.4 Å². The Morgan fingerprint density at radius 1 is 1.14 bits per heavy atom. The molecule has 1 N–H and O–H groups in total. The lowest BCUT2D eigenvalue weighted by atomic mass is 10.1. The number of carbonyl (C=O) groups excluding carboxylic acids is 1. The minimum atomic E-state index is -0.0634. The topological polar surface area (TPSA) is 50.8 Å². The first-order valence-electron chi connectivity index (χ1n) is 10.1. The van der Waals surface area contributed by atoms with Crippen LogP contribution in [0, 0.1) is 0 Å². The summed E-state index contributed by atoms with van der Waals surface area (Å²) in [7, 11) is 0. The average molecular weight is 383 g/mol. The number of carbonyl (C=O) groups is 1.